The summed E-state index contributed by atoms with van der Waals surface area (Å²) >= 11 is 5.62. The van der Waals surface area contributed by atoms with Crippen molar-refractivity contribution < 1.29 is 0 Å². The first-order valence-corrected chi connectivity index (χ1v) is 50.1. The fourth-order valence-electron chi connectivity index (χ4n) is 18.7. The molecule has 0 aliphatic carbocycles. The number of hydrogen-bond acceptors (Lipinski definition) is 13. The molecule has 2 aliphatic rings. The lowest BCUT2D eigenvalue weighted by atomic mass is 9.96. The second kappa shape index (κ2) is 50.2. The molecule has 18 N–H and O–H groups in total. The summed E-state index contributed by atoms with van der Waals surface area (Å²) < 4.78 is 10.5. The maximum atomic E-state index is 5.73. The van der Waals surface area contributed by atoms with Crippen LogP contribution in [-0.4, -0.2) is 94.9 Å². The fraction of sp³-hybridized carbons (Fsp3) is 0.256. The largest absolute Gasteiger partial charge is 0.388 e. The van der Waals surface area contributed by atoms with Crippen molar-refractivity contribution in [1.82, 2.24) is 25.8 Å². The molecule has 0 atom stereocenters. The molecular weight excluding hydrogens is 1750 g/mol. The number of thiophene rings is 3. The first-order valence-electron chi connectivity index (χ1n) is 47.7. The number of nitrogens with zero attached hydrogens (tertiary/aromatic N) is 3. The average molecular weight is 1890 g/mol. The van der Waals surface area contributed by atoms with Crippen molar-refractivity contribution in [1.29, 1.82) is 0 Å². The Hall–Kier alpha value is -12.6. The third kappa shape index (κ3) is 25.5. The molecule has 2 aliphatic heterocycles. The standard InChI is InChI=1S/C33H35N5S.C32H35N3.C30H32N4S.C22H22N2S.4CH4/c1-22(34)37-16-4-8-23-6-2-10-25(18-23)27-12-14-31-29(20-27)30-21-28(13-15-32(30)39-31)26-11-3-7-24(19-26)9-5-17-38-33(35)36;1-2-35-31-15-13-27(25-11-3-7-23(19-25)9-5-17-33)21-29(31)30-22-28(14-16-32(30)35)26-12-4-8-24(20-26)10-6-18-34;31-11-13-33-19-21-3-1-5-23(15-21)25-7-9-29-27(17-25)28-18-26(8-10-30(28)35-29)24-6-2-4-22(16-24)20-34-14-12-32;1-3-21-19(13-17(1)15-5-9-23-10-6-15)20-14-18(2-4-22(20)25-21)16-7-11-24-12-8-16;;;;/h2-3,6-7,10-15,18-21H,4-5,8-9,16-17H2,1H3,(H2,34,37)(H4,35,36,38);3-4,7-8,11-16,19-22H,2,5-6,9-10,17-18,33-34H2,1H3;1-10,15-18,33-34H,11-14,19-20,31-32H2;1-5,7,13-14,23-24H,6,8-12H2;4*1H4. The number of rotatable bonds is 31. The Kier molecular flexibility index (Phi) is 37.4. The highest BCUT2D eigenvalue weighted by Gasteiger charge is 2.19. The number of benzene rings is 14. The van der Waals surface area contributed by atoms with Crippen molar-refractivity contribution in [2.24, 2.45) is 50.1 Å². The summed E-state index contributed by atoms with van der Waals surface area (Å²) in [6.45, 7) is 16.6. The zero-order valence-corrected chi connectivity index (χ0v) is 79.6. The topological polar surface area (TPSA) is 260 Å². The average Bonchev–Trinajstić information content (AvgIpc) is 1.60. The van der Waals surface area contributed by atoms with Gasteiger partial charge >= 0.3 is 0 Å². The van der Waals surface area contributed by atoms with Gasteiger partial charge in [0.2, 0.25) is 0 Å². The highest BCUT2D eigenvalue weighted by Crippen LogP contribution is 2.44. The van der Waals surface area contributed by atoms with E-state index < -0.39 is 0 Å². The van der Waals surface area contributed by atoms with Crippen LogP contribution in [0.4, 0.5) is 0 Å². The van der Waals surface area contributed by atoms with E-state index in [1.165, 1.54) is 205 Å². The first-order chi connectivity index (χ1) is 65.8. The van der Waals surface area contributed by atoms with Gasteiger partial charge in [-0.1, -0.05) is 224 Å². The van der Waals surface area contributed by atoms with Gasteiger partial charge in [0, 0.05) is 154 Å². The van der Waals surface area contributed by atoms with Crippen molar-refractivity contribution in [2.45, 2.75) is 127 Å². The summed E-state index contributed by atoms with van der Waals surface area (Å²) in [5.41, 5.74) is 70.4. The van der Waals surface area contributed by atoms with Crippen LogP contribution in [0.15, 0.2) is 313 Å². The number of nitrogens with two attached hydrogens (primary N) is 7. The second-order valence-electron chi connectivity index (χ2n) is 35.1. The van der Waals surface area contributed by atoms with Crippen LogP contribution >= 0.6 is 34.0 Å². The quantitative estimate of drug-likeness (QED) is 0.0111. The predicted molar refractivity (Wildman–Crippen MR) is 609 cm³/mol. The third-order valence-electron chi connectivity index (χ3n) is 25.6. The van der Waals surface area contributed by atoms with Crippen molar-refractivity contribution >= 4 is 139 Å². The molecule has 14 aromatic carbocycles. The van der Waals surface area contributed by atoms with Gasteiger partial charge in [-0.3, -0.25) is 9.98 Å². The van der Waals surface area contributed by atoms with E-state index in [4.69, 9.17) is 40.1 Å². The third-order valence-corrected chi connectivity index (χ3v) is 29.0. The monoisotopic (exact) mass is 1890 g/mol. The van der Waals surface area contributed by atoms with Gasteiger partial charge < -0.3 is 66.0 Å². The zero-order chi connectivity index (χ0) is 92.1. The van der Waals surface area contributed by atoms with Gasteiger partial charge in [-0.2, -0.15) is 0 Å². The fourth-order valence-corrected chi connectivity index (χ4v) is 21.9. The van der Waals surface area contributed by atoms with Gasteiger partial charge in [0.25, 0.3) is 0 Å². The molecule has 0 unspecified atom stereocenters. The van der Waals surface area contributed by atoms with Gasteiger partial charge in [-0.15, -0.1) is 34.0 Å². The van der Waals surface area contributed by atoms with Crippen molar-refractivity contribution in [3.63, 3.8) is 0 Å². The first kappa shape index (κ1) is 103. The zero-order valence-electron chi connectivity index (χ0n) is 77.2. The Labute approximate surface area is 829 Å². The SMILES string of the molecule is C.C.C.C.C1=C(c2ccc3sc4ccc(C5=CCNCC5)cc4c3c2)CCNC1.CC(N)=NCCCc1cccc(-c2ccc3sc4ccc(-c5cccc(CCCN=C(N)N)c5)cc4c3c2)c1.CCn1c2ccc(-c3cccc(CCCN)c3)cc2c2cc(-c3cccc(CCCN)c3)ccc21.NCCNCc1cccc(-c2ccc3sc4ccc(-c5cccc(CNCCN)c5)cc4c3c2)c1. The van der Waals surface area contributed by atoms with Crippen molar-refractivity contribution in [3.8, 4) is 66.8 Å². The molecule has 20 rings (SSSR count). The van der Waals surface area contributed by atoms with E-state index in [1.807, 2.05) is 40.9 Å². The molecule has 0 saturated carbocycles. The second-order valence-corrected chi connectivity index (χ2v) is 38.4. The van der Waals surface area contributed by atoms with Gasteiger partial charge in [0.1, 0.15) is 0 Å². The molecule has 0 saturated heterocycles. The van der Waals surface area contributed by atoms with Crippen LogP contribution in [-0.2, 0) is 45.3 Å². The normalized spacial score (nSPS) is 12.5. The lowest BCUT2D eigenvalue weighted by Gasteiger charge is -2.15. The van der Waals surface area contributed by atoms with Gasteiger partial charge in [-0.05, 0) is 336 Å². The lowest BCUT2D eigenvalue weighted by Crippen LogP contribution is -2.23. The van der Waals surface area contributed by atoms with Crippen LogP contribution in [0.2, 0.25) is 0 Å². The molecular formula is C121H140N14S3. The summed E-state index contributed by atoms with van der Waals surface area (Å²) in [4.78, 5) is 8.41. The van der Waals surface area contributed by atoms with E-state index in [-0.39, 0.29) is 35.7 Å². The molecule has 17 heteroatoms. The number of hydrogen-bond donors (Lipinski definition) is 11. The van der Waals surface area contributed by atoms with Gasteiger partial charge in [0.05, 0.1) is 5.84 Å². The van der Waals surface area contributed by atoms with E-state index in [2.05, 4.69) is 346 Å². The summed E-state index contributed by atoms with van der Waals surface area (Å²) in [5, 5.41) is 24.3. The summed E-state index contributed by atoms with van der Waals surface area (Å²) in [5.74, 6) is 0.801. The molecule has 712 valence electrons. The van der Waals surface area contributed by atoms with E-state index in [9.17, 15) is 0 Å². The summed E-state index contributed by atoms with van der Waals surface area (Å²) in [6, 6.07) is 108. The minimum atomic E-state index is 0. The van der Waals surface area contributed by atoms with Crippen LogP contribution in [0.3, 0.4) is 0 Å². The van der Waals surface area contributed by atoms with Crippen LogP contribution in [0.5, 0.6) is 0 Å². The van der Waals surface area contributed by atoms with Gasteiger partial charge in [-0.25, -0.2) is 0 Å². The van der Waals surface area contributed by atoms with Crippen molar-refractivity contribution in [3.05, 3.63) is 348 Å². The number of aryl methyl sites for hydroxylation is 5. The van der Waals surface area contributed by atoms with E-state index in [1.54, 1.807) is 0 Å². The smallest absolute Gasteiger partial charge is 0.185 e. The molecule has 0 amide bonds. The molecule has 0 bridgehead atoms. The summed E-state index contributed by atoms with van der Waals surface area (Å²) in [7, 11) is 0. The van der Waals surface area contributed by atoms with E-state index >= 15 is 0 Å². The maximum Gasteiger partial charge on any atom is 0.185 e. The lowest BCUT2D eigenvalue weighted by molar-refractivity contribution is 0.695. The molecule has 0 radical (unpaired) electrons. The minimum Gasteiger partial charge on any atom is -0.388 e. The number of amidine groups is 1. The molecule has 0 fully saturated rings. The van der Waals surface area contributed by atoms with Crippen LogP contribution in [0.1, 0.15) is 127 Å². The molecule has 18 aromatic rings. The number of fused-ring (bicyclic) bond motifs is 12. The molecule has 138 heavy (non-hydrogen) atoms. The highest BCUT2D eigenvalue weighted by molar-refractivity contribution is 7.26. The Bertz CT molecular complexity index is 6860. The van der Waals surface area contributed by atoms with Crippen LogP contribution in [0, 0.1) is 0 Å². The maximum absolute atomic E-state index is 5.73. The number of guanidine groups is 1. The van der Waals surface area contributed by atoms with E-state index in [0.29, 0.717) is 25.5 Å². The molecule has 6 heterocycles. The number of aliphatic imine (C=N–C) groups is 2. The van der Waals surface area contributed by atoms with Crippen LogP contribution in [0.25, 0.3) is 160 Å². The Morgan fingerprint density at radius 1 is 0.319 bits per heavy atom. The summed E-state index contributed by atoms with van der Waals surface area (Å²) in [6.07, 6.45) is 14.8. The Morgan fingerprint density at radius 3 is 0.884 bits per heavy atom. The number of aromatic nitrogens is 1. The predicted octanol–water partition coefficient (Wildman–Crippen LogP) is 26.7. The Balaban J connectivity index is 0.000000155. The van der Waals surface area contributed by atoms with Gasteiger partial charge in [0.15, 0.2) is 5.96 Å². The van der Waals surface area contributed by atoms with Crippen LogP contribution < -0.4 is 61.4 Å². The molecule has 4 aromatic heterocycles. The van der Waals surface area contributed by atoms with E-state index in [0.717, 1.165) is 143 Å². The minimum absolute atomic E-state index is 0. The molecule has 0 spiro atoms. The highest BCUT2D eigenvalue weighted by atomic mass is 32.1. The molecule has 14 nitrogen and oxygen atoms in total. The van der Waals surface area contributed by atoms with Crippen molar-refractivity contribution in [2.75, 3.05) is 78.5 Å². The Morgan fingerprint density at radius 2 is 0.594 bits per heavy atom. The number of nitrogens with one attached hydrogen (secondary N) is 4.